The van der Waals surface area contributed by atoms with Crippen LogP contribution in [0.15, 0.2) is 29.3 Å². The van der Waals surface area contributed by atoms with Gasteiger partial charge in [0.1, 0.15) is 12.4 Å². The monoisotopic (exact) mass is 482 g/mol. The highest BCUT2D eigenvalue weighted by Crippen LogP contribution is 2.18. The molecule has 0 saturated heterocycles. The minimum absolute atomic E-state index is 0. The molecule has 0 aliphatic heterocycles. The van der Waals surface area contributed by atoms with E-state index in [-0.39, 0.29) is 24.0 Å². The molecule has 0 heterocycles. The zero-order valence-electron chi connectivity index (χ0n) is 14.4. The first-order valence-electron chi connectivity index (χ1n) is 8.19. The van der Waals surface area contributed by atoms with Gasteiger partial charge in [0.05, 0.1) is 18.5 Å². The Morgan fingerprint density at radius 1 is 1.32 bits per heavy atom. The SMILES string of the molecule is CS(=O)(=O)Nc1cccc(OCCN=C(N)NC2CCCCC2)c1.I. The van der Waals surface area contributed by atoms with Gasteiger partial charge in [0.15, 0.2) is 5.96 Å². The summed E-state index contributed by atoms with van der Waals surface area (Å²) < 4.78 is 30.4. The Bertz CT molecular complexity index is 661. The highest BCUT2D eigenvalue weighted by Gasteiger charge is 2.13. The van der Waals surface area contributed by atoms with Crippen LogP contribution in [0.4, 0.5) is 5.69 Å². The van der Waals surface area contributed by atoms with Crippen LogP contribution in [-0.2, 0) is 10.0 Å². The van der Waals surface area contributed by atoms with Crippen LogP contribution < -0.4 is 20.5 Å². The number of nitrogens with zero attached hydrogens (tertiary/aromatic N) is 1. The molecule has 0 aromatic heterocycles. The van der Waals surface area contributed by atoms with Gasteiger partial charge in [-0.2, -0.15) is 0 Å². The summed E-state index contributed by atoms with van der Waals surface area (Å²) >= 11 is 0. The molecule has 1 aliphatic rings. The van der Waals surface area contributed by atoms with E-state index in [9.17, 15) is 8.42 Å². The van der Waals surface area contributed by atoms with Gasteiger partial charge in [-0.15, -0.1) is 24.0 Å². The molecule has 4 N–H and O–H groups in total. The lowest BCUT2D eigenvalue weighted by atomic mass is 9.96. The van der Waals surface area contributed by atoms with Crippen LogP contribution in [0.25, 0.3) is 0 Å². The van der Waals surface area contributed by atoms with E-state index in [0.717, 1.165) is 19.1 Å². The van der Waals surface area contributed by atoms with E-state index in [1.54, 1.807) is 24.3 Å². The Kier molecular flexibility index (Phi) is 9.33. The van der Waals surface area contributed by atoms with Crippen molar-refractivity contribution in [3.05, 3.63) is 24.3 Å². The van der Waals surface area contributed by atoms with Gasteiger partial charge < -0.3 is 15.8 Å². The second-order valence-corrected chi connectivity index (χ2v) is 7.75. The minimum Gasteiger partial charge on any atom is -0.492 e. The first-order chi connectivity index (χ1) is 11.4. The molecule has 0 unspecified atom stereocenters. The van der Waals surface area contributed by atoms with Crippen molar-refractivity contribution in [2.75, 3.05) is 24.1 Å². The molecular formula is C16H27IN4O3S. The Morgan fingerprint density at radius 2 is 2.04 bits per heavy atom. The van der Waals surface area contributed by atoms with Gasteiger partial charge in [-0.1, -0.05) is 25.3 Å². The molecule has 1 fully saturated rings. The van der Waals surface area contributed by atoms with Crippen molar-refractivity contribution < 1.29 is 13.2 Å². The number of halogens is 1. The number of aliphatic imine (C=N–C) groups is 1. The van der Waals surface area contributed by atoms with Crippen LogP contribution in [0.1, 0.15) is 32.1 Å². The number of benzene rings is 1. The number of hydrogen-bond acceptors (Lipinski definition) is 4. The molecular weight excluding hydrogens is 455 g/mol. The summed E-state index contributed by atoms with van der Waals surface area (Å²) in [6, 6.07) is 7.22. The van der Waals surface area contributed by atoms with E-state index in [1.807, 2.05) is 0 Å². The summed E-state index contributed by atoms with van der Waals surface area (Å²) in [5, 5.41) is 3.25. The third-order valence-corrected chi connectivity index (χ3v) is 4.34. The van der Waals surface area contributed by atoms with Crippen LogP contribution in [0, 0.1) is 0 Å². The summed E-state index contributed by atoms with van der Waals surface area (Å²) in [7, 11) is -3.30. The van der Waals surface area contributed by atoms with Gasteiger partial charge in [0.25, 0.3) is 0 Å². The number of sulfonamides is 1. The van der Waals surface area contributed by atoms with Crippen molar-refractivity contribution in [2.45, 2.75) is 38.1 Å². The predicted octanol–water partition coefficient (Wildman–Crippen LogP) is 2.29. The second kappa shape index (κ2) is 10.7. The highest BCUT2D eigenvalue weighted by molar-refractivity contribution is 14.0. The number of guanidine groups is 1. The molecule has 1 aromatic carbocycles. The standard InChI is InChI=1S/C16H26N4O3S.HI/c1-24(21,22)20-14-8-5-9-15(12-14)23-11-10-18-16(17)19-13-6-3-2-4-7-13;/h5,8-9,12-13,20H,2-4,6-7,10-11H2,1H3,(H3,17,18,19);1H. The first kappa shape index (κ1) is 21.8. The van der Waals surface area contributed by atoms with Crippen molar-refractivity contribution >= 4 is 45.6 Å². The van der Waals surface area contributed by atoms with Crippen molar-refractivity contribution in [3.8, 4) is 5.75 Å². The molecule has 0 amide bonds. The zero-order chi connectivity index (χ0) is 17.4. The quantitative estimate of drug-likeness (QED) is 0.239. The Morgan fingerprint density at radius 3 is 2.72 bits per heavy atom. The maximum atomic E-state index is 11.2. The van der Waals surface area contributed by atoms with E-state index in [1.165, 1.54) is 19.3 Å². The van der Waals surface area contributed by atoms with Gasteiger partial charge in [-0.3, -0.25) is 4.72 Å². The number of nitrogens with two attached hydrogens (primary N) is 1. The molecule has 1 aliphatic carbocycles. The topological polar surface area (TPSA) is 106 Å². The maximum absolute atomic E-state index is 11.2. The zero-order valence-corrected chi connectivity index (χ0v) is 17.5. The van der Waals surface area contributed by atoms with Crippen molar-refractivity contribution in [3.63, 3.8) is 0 Å². The van der Waals surface area contributed by atoms with E-state index < -0.39 is 10.0 Å². The summed E-state index contributed by atoms with van der Waals surface area (Å²) in [5.74, 6) is 1.04. The second-order valence-electron chi connectivity index (χ2n) is 6.00. The fourth-order valence-electron chi connectivity index (χ4n) is 2.69. The molecule has 0 bridgehead atoms. The molecule has 25 heavy (non-hydrogen) atoms. The fraction of sp³-hybridized carbons (Fsp3) is 0.562. The molecule has 0 radical (unpaired) electrons. The van der Waals surface area contributed by atoms with Gasteiger partial charge in [0, 0.05) is 12.1 Å². The minimum atomic E-state index is -3.30. The third-order valence-electron chi connectivity index (χ3n) is 3.74. The molecule has 1 saturated carbocycles. The van der Waals surface area contributed by atoms with Crippen LogP contribution >= 0.6 is 24.0 Å². The van der Waals surface area contributed by atoms with Gasteiger partial charge in [-0.05, 0) is 25.0 Å². The molecule has 0 atom stereocenters. The number of rotatable bonds is 7. The first-order valence-corrected chi connectivity index (χ1v) is 10.1. The lowest BCUT2D eigenvalue weighted by Crippen LogP contribution is -2.41. The molecule has 7 nitrogen and oxygen atoms in total. The normalized spacial score (nSPS) is 16.0. The summed E-state index contributed by atoms with van der Waals surface area (Å²) in [6.45, 7) is 0.810. The Balaban J connectivity index is 0.00000312. The lowest BCUT2D eigenvalue weighted by Gasteiger charge is -2.23. The smallest absolute Gasteiger partial charge is 0.229 e. The Hall–Kier alpha value is -1.23. The van der Waals surface area contributed by atoms with Crippen LogP contribution in [0.2, 0.25) is 0 Å². The average Bonchev–Trinajstić information content (AvgIpc) is 2.51. The summed E-state index contributed by atoms with van der Waals surface area (Å²) in [6.07, 6.45) is 7.19. The highest BCUT2D eigenvalue weighted by atomic mass is 127. The number of anilines is 1. The maximum Gasteiger partial charge on any atom is 0.229 e. The van der Waals surface area contributed by atoms with Crippen LogP contribution in [0.3, 0.4) is 0 Å². The average molecular weight is 482 g/mol. The Labute approximate surface area is 166 Å². The van der Waals surface area contributed by atoms with Gasteiger partial charge in [0.2, 0.25) is 10.0 Å². The predicted molar refractivity (Wildman–Crippen MR) is 112 cm³/mol. The number of hydrogen-bond donors (Lipinski definition) is 3. The van der Waals surface area contributed by atoms with E-state index in [0.29, 0.717) is 36.6 Å². The van der Waals surface area contributed by atoms with Crippen molar-refractivity contribution in [1.82, 2.24) is 5.32 Å². The van der Waals surface area contributed by atoms with Crippen molar-refractivity contribution in [2.24, 2.45) is 10.7 Å². The van der Waals surface area contributed by atoms with Gasteiger partial charge >= 0.3 is 0 Å². The lowest BCUT2D eigenvalue weighted by molar-refractivity contribution is 0.328. The van der Waals surface area contributed by atoms with Crippen LogP contribution in [0.5, 0.6) is 5.75 Å². The largest absolute Gasteiger partial charge is 0.492 e. The molecule has 142 valence electrons. The fourth-order valence-corrected chi connectivity index (χ4v) is 3.25. The summed E-state index contributed by atoms with van der Waals surface area (Å²) in [5.41, 5.74) is 6.35. The molecule has 0 spiro atoms. The molecule has 9 heteroatoms. The molecule has 2 rings (SSSR count). The van der Waals surface area contributed by atoms with E-state index in [2.05, 4.69) is 15.0 Å². The third kappa shape index (κ3) is 9.15. The summed E-state index contributed by atoms with van der Waals surface area (Å²) in [4.78, 5) is 4.26. The van der Waals surface area contributed by atoms with Crippen LogP contribution in [-0.4, -0.2) is 39.8 Å². The number of nitrogens with one attached hydrogen (secondary N) is 2. The number of ether oxygens (including phenoxy) is 1. The van der Waals surface area contributed by atoms with Crippen molar-refractivity contribution in [1.29, 1.82) is 0 Å². The van der Waals surface area contributed by atoms with Gasteiger partial charge in [-0.25, -0.2) is 13.4 Å². The van der Waals surface area contributed by atoms with E-state index >= 15 is 0 Å². The molecule has 1 aromatic rings. The van der Waals surface area contributed by atoms with E-state index in [4.69, 9.17) is 10.5 Å².